The fourth-order valence-corrected chi connectivity index (χ4v) is 1.09. The molecule has 1 amide bonds. The molecule has 1 rings (SSSR count). The van der Waals surface area contributed by atoms with E-state index in [0.29, 0.717) is 0 Å². The number of ether oxygens (including phenoxy) is 1. The largest absolute Gasteiger partial charge is 0.573 e. The van der Waals surface area contributed by atoms with E-state index in [-0.39, 0.29) is 23.8 Å². The second-order valence-electron chi connectivity index (χ2n) is 3.07. The molecule has 6 heteroatoms. The van der Waals surface area contributed by atoms with Crippen LogP contribution in [0.1, 0.15) is 12.5 Å². The smallest absolute Gasteiger partial charge is 0.405 e. The number of carbonyl (C=O) groups is 1. The van der Waals surface area contributed by atoms with E-state index in [1.165, 1.54) is 25.1 Å². The van der Waals surface area contributed by atoms with E-state index in [2.05, 4.69) is 10.1 Å². The van der Waals surface area contributed by atoms with Crippen molar-refractivity contribution < 1.29 is 22.7 Å². The number of nitrogens with one attached hydrogen (secondary N) is 1. The molecule has 0 aliphatic rings. The molecule has 0 bridgehead atoms. The maximum absolute atomic E-state index is 12.0. The Morgan fingerprint density at radius 3 is 2.56 bits per heavy atom. The highest BCUT2D eigenvalue weighted by Gasteiger charge is 2.31. The number of benzene rings is 1. The molecule has 0 aliphatic heterocycles. The molecule has 0 unspecified atom stereocenters. The van der Waals surface area contributed by atoms with Crippen LogP contribution in [0.4, 0.5) is 13.2 Å². The van der Waals surface area contributed by atoms with Crippen LogP contribution >= 0.6 is 0 Å². The summed E-state index contributed by atoms with van der Waals surface area (Å²) in [6, 6.07) is 5.65. The zero-order chi connectivity index (χ0) is 12.2. The summed E-state index contributed by atoms with van der Waals surface area (Å²) in [6.45, 7) is 1.29. The summed E-state index contributed by atoms with van der Waals surface area (Å²) in [5.74, 6) is -0.620. The number of rotatable bonds is 3. The van der Waals surface area contributed by atoms with Crippen LogP contribution in [0.2, 0.25) is 0 Å². The first kappa shape index (κ1) is 12.4. The Labute approximate surface area is 90.2 Å². The first-order chi connectivity index (χ1) is 7.38. The SMILES string of the molecule is CC(=O)NCc1ccccc1OC(F)(F)F. The molecule has 1 N–H and O–H groups in total. The maximum Gasteiger partial charge on any atom is 0.573 e. The van der Waals surface area contributed by atoms with Crippen molar-refractivity contribution >= 4 is 5.91 Å². The summed E-state index contributed by atoms with van der Waals surface area (Å²) >= 11 is 0. The molecule has 1 aromatic carbocycles. The lowest BCUT2D eigenvalue weighted by Crippen LogP contribution is -2.22. The van der Waals surface area contributed by atoms with Crippen LogP contribution < -0.4 is 10.1 Å². The summed E-state index contributed by atoms with van der Waals surface area (Å²) in [5, 5.41) is 2.40. The highest BCUT2D eigenvalue weighted by Crippen LogP contribution is 2.25. The Bertz CT molecular complexity index is 377. The van der Waals surface area contributed by atoms with Gasteiger partial charge in [0, 0.05) is 19.0 Å². The Kier molecular flexibility index (Phi) is 3.76. The van der Waals surface area contributed by atoms with Crippen LogP contribution in [-0.2, 0) is 11.3 Å². The molecule has 0 aliphatic carbocycles. The molecule has 0 radical (unpaired) electrons. The van der Waals surface area contributed by atoms with Crippen LogP contribution in [0.3, 0.4) is 0 Å². The lowest BCUT2D eigenvalue weighted by atomic mass is 10.2. The van der Waals surface area contributed by atoms with Crippen molar-refractivity contribution in [2.45, 2.75) is 19.8 Å². The van der Waals surface area contributed by atoms with Crippen molar-refractivity contribution in [3.8, 4) is 5.75 Å². The van der Waals surface area contributed by atoms with Crippen LogP contribution in [0.25, 0.3) is 0 Å². The van der Waals surface area contributed by atoms with Gasteiger partial charge in [-0.05, 0) is 6.07 Å². The Morgan fingerprint density at radius 1 is 1.38 bits per heavy atom. The average Bonchev–Trinajstić information content (AvgIpc) is 2.14. The third-order valence-electron chi connectivity index (χ3n) is 1.73. The Hall–Kier alpha value is -1.72. The third-order valence-corrected chi connectivity index (χ3v) is 1.73. The number of hydrogen-bond acceptors (Lipinski definition) is 2. The standard InChI is InChI=1S/C10H10F3NO2/c1-7(15)14-6-8-4-2-3-5-9(8)16-10(11,12)13/h2-5H,6H2,1H3,(H,14,15). The van der Waals surface area contributed by atoms with Gasteiger partial charge in [-0.2, -0.15) is 0 Å². The van der Waals surface area contributed by atoms with Crippen LogP contribution in [0.5, 0.6) is 5.75 Å². The molecule has 0 atom stereocenters. The van der Waals surface area contributed by atoms with Gasteiger partial charge in [-0.1, -0.05) is 18.2 Å². The molecule has 3 nitrogen and oxygen atoms in total. The van der Waals surface area contributed by atoms with Gasteiger partial charge in [0.25, 0.3) is 0 Å². The molecule has 0 fully saturated rings. The molecular formula is C10H10F3NO2. The van der Waals surface area contributed by atoms with Crippen LogP contribution in [-0.4, -0.2) is 12.3 Å². The monoisotopic (exact) mass is 233 g/mol. The first-order valence-electron chi connectivity index (χ1n) is 4.46. The van der Waals surface area contributed by atoms with Gasteiger partial charge in [-0.15, -0.1) is 13.2 Å². The van der Waals surface area contributed by atoms with Crippen molar-refractivity contribution in [2.75, 3.05) is 0 Å². The van der Waals surface area contributed by atoms with Gasteiger partial charge < -0.3 is 10.1 Å². The van der Waals surface area contributed by atoms with Crippen LogP contribution in [0, 0.1) is 0 Å². The van der Waals surface area contributed by atoms with E-state index >= 15 is 0 Å². The van der Waals surface area contributed by atoms with Crippen LogP contribution in [0.15, 0.2) is 24.3 Å². The van der Waals surface area contributed by atoms with Gasteiger partial charge in [-0.25, -0.2) is 0 Å². The summed E-state index contributed by atoms with van der Waals surface area (Å²) in [5.41, 5.74) is 0.273. The minimum absolute atomic E-state index is 0.00157. The number of hydrogen-bond donors (Lipinski definition) is 1. The molecule has 0 aromatic heterocycles. The van der Waals surface area contributed by atoms with Gasteiger partial charge in [0.2, 0.25) is 5.91 Å². The van der Waals surface area contributed by atoms with Gasteiger partial charge >= 0.3 is 6.36 Å². The normalized spacial score (nSPS) is 11.0. The van der Waals surface area contributed by atoms with E-state index < -0.39 is 6.36 Å². The van der Waals surface area contributed by atoms with Crippen molar-refractivity contribution in [3.63, 3.8) is 0 Å². The summed E-state index contributed by atoms with van der Waals surface area (Å²) in [4.78, 5) is 10.6. The van der Waals surface area contributed by atoms with Gasteiger partial charge in [-0.3, -0.25) is 4.79 Å². The Morgan fingerprint density at radius 2 is 2.00 bits per heavy atom. The number of para-hydroxylation sites is 1. The minimum Gasteiger partial charge on any atom is -0.405 e. The van der Waals surface area contributed by atoms with Crippen molar-refractivity contribution in [1.29, 1.82) is 0 Å². The predicted molar refractivity (Wildman–Crippen MR) is 50.6 cm³/mol. The van der Waals surface area contributed by atoms with Crippen molar-refractivity contribution in [1.82, 2.24) is 5.32 Å². The fourth-order valence-electron chi connectivity index (χ4n) is 1.09. The number of halogens is 3. The first-order valence-corrected chi connectivity index (χ1v) is 4.46. The van der Waals surface area contributed by atoms with E-state index in [1.54, 1.807) is 6.07 Å². The van der Waals surface area contributed by atoms with E-state index in [1.807, 2.05) is 0 Å². The number of amides is 1. The maximum atomic E-state index is 12.0. The van der Waals surface area contributed by atoms with Crippen molar-refractivity contribution in [2.24, 2.45) is 0 Å². The second-order valence-corrected chi connectivity index (χ2v) is 3.07. The van der Waals surface area contributed by atoms with Gasteiger partial charge in [0.05, 0.1) is 0 Å². The molecule has 0 saturated carbocycles. The zero-order valence-corrected chi connectivity index (χ0v) is 8.47. The lowest BCUT2D eigenvalue weighted by Gasteiger charge is -2.13. The quantitative estimate of drug-likeness (QED) is 0.869. The Balaban J connectivity index is 2.79. The minimum atomic E-state index is -4.73. The number of carbonyl (C=O) groups excluding carboxylic acids is 1. The lowest BCUT2D eigenvalue weighted by molar-refractivity contribution is -0.274. The molecule has 0 heterocycles. The summed E-state index contributed by atoms with van der Waals surface area (Å²) in [7, 11) is 0. The molecular weight excluding hydrogens is 223 g/mol. The third kappa shape index (κ3) is 4.20. The molecule has 0 spiro atoms. The molecule has 88 valence electrons. The predicted octanol–water partition coefficient (Wildman–Crippen LogP) is 2.22. The van der Waals surface area contributed by atoms with Crippen molar-refractivity contribution in [3.05, 3.63) is 29.8 Å². The van der Waals surface area contributed by atoms with Gasteiger partial charge in [0.1, 0.15) is 5.75 Å². The van der Waals surface area contributed by atoms with E-state index in [9.17, 15) is 18.0 Å². The zero-order valence-electron chi connectivity index (χ0n) is 8.47. The molecule has 1 aromatic rings. The topological polar surface area (TPSA) is 38.3 Å². The summed E-state index contributed by atoms with van der Waals surface area (Å²) < 4.78 is 39.8. The highest BCUT2D eigenvalue weighted by molar-refractivity contribution is 5.72. The highest BCUT2D eigenvalue weighted by atomic mass is 19.4. The summed E-state index contributed by atoms with van der Waals surface area (Å²) in [6.07, 6.45) is -4.73. The number of alkyl halides is 3. The van der Waals surface area contributed by atoms with Gasteiger partial charge in [0.15, 0.2) is 0 Å². The van der Waals surface area contributed by atoms with E-state index in [0.717, 1.165) is 0 Å². The van der Waals surface area contributed by atoms with E-state index in [4.69, 9.17) is 0 Å². The molecule has 0 saturated heterocycles. The molecule has 16 heavy (non-hydrogen) atoms. The average molecular weight is 233 g/mol. The fraction of sp³-hybridized carbons (Fsp3) is 0.300. The second kappa shape index (κ2) is 4.87.